The van der Waals surface area contributed by atoms with Crippen LogP contribution in [0.4, 0.5) is 24.8 Å². The van der Waals surface area contributed by atoms with Crippen molar-refractivity contribution in [3.8, 4) is 0 Å². The Bertz CT molecular complexity index is 491. The standard InChI is InChI=1S/C13H20F3N5/c1-9-8-20(2)4-3-5-21(9)12-7-10(13(14,15)16)6-11(18-12)19-17/h6-7,9H,3-5,8,17H2,1-2H3,(H,18,19). The van der Waals surface area contributed by atoms with Crippen LogP contribution in [-0.2, 0) is 6.18 Å². The van der Waals surface area contributed by atoms with Gasteiger partial charge in [-0.2, -0.15) is 13.2 Å². The topological polar surface area (TPSA) is 57.4 Å². The van der Waals surface area contributed by atoms with Crippen molar-refractivity contribution in [3.05, 3.63) is 17.7 Å². The minimum absolute atomic E-state index is 0.0182. The number of nitrogens with one attached hydrogen (secondary N) is 1. The van der Waals surface area contributed by atoms with Gasteiger partial charge in [-0.25, -0.2) is 10.8 Å². The monoisotopic (exact) mass is 303 g/mol. The number of pyridine rings is 1. The number of nitrogens with zero attached hydrogens (tertiary/aromatic N) is 3. The number of nitrogen functional groups attached to an aromatic ring is 1. The van der Waals surface area contributed by atoms with E-state index in [1.165, 1.54) is 0 Å². The van der Waals surface area contributed by atoms with Gasteiger partial charge in [-0.3, -0.25) is 0 Å². The van der Waals surface area contributed by atoms with Gasteiger partial charge in [0.05, 0.1) is 5.56 Å². The van der Waals surface area contributed by atoms with Gasteiger partial charge in [-0.15, -0.1) is 0 Å². The van der Waals surface area contributed by atoms with Crippen molar-refractivity contribution in [1.82, 2.24) is 9.88 Å². The summed E-state index contributed by atoms with van der Waals surface area (Å²) in [5.41, 5.74) is 1.46. The highest BCUT2D eigenvalue weighted by molar-refractivity contribution is 5.51. The number of halogens is 3. The summed E-state index contributed by atoms with van der Waals surface area (Å²) in [6.07, 6.45) is -3.54. The summed E-state index contributed by atoms with van der Waals surface area (Å²) in [4.78, 5) is 8.25. The summed E-state index contributed by atoms with van der Waals surface area (Å²) in [5, 5.41) is 0. The molecule has 0 saturated carbocycles. The van der Waals surface area contributed by atoms with E-state index in [4.69, 9.17) is 5.84 Å². The second-order valence-corrected chi connectivity index (χ2v) is 5.40. The van der Waals surface area contributed by atoms with E-state index < -0.39 is 11.7 Å². The molecule has 1 aromatic rings. The van der Waals surface area contributed by atoms with Gasteiger partial charge in [-0.1, -0.05) is 0 Å². The van der Waals surface area contributed by atoms with E-state index in [0.29, 0.717) is 12.4 Å². The van der Waals surface area contributed by atoms with Crippen molar-refractivity contribution < 1.29 is 13.2 Å². The molecule has 1 saturated heterocycles. The van der Waals surface area contributed by atoms with E-state index in [-0.39, 0.29) is 11.9 Å². The summed E-state index contributed by atoms with van der Waals surface area (Å²) in [5.74, 6) is 5.57. The van der Waals surface area contributed by atoms with Crippen LogP contribution >= 0.6 is 0 Å². The molecule has 8 heteroatoms. The van der Waals surface area contributed by atoms with Crippen LogP contribution < -0.4 is 16.2 Å². The summed E-state index contributed by atoms with van der Waals surface area (Å²) in [6.45, 7) is 4.36. The lowest BCUT2D eigenvalue weighted by molar-refractivity contribution is -0.137. The van der Waals surface area contributed by atoms with Gasteiger partial charge in [0.1, 0.15) is 11.6 Å². The maximum Gasteiger partial charge on any atom is 0.416 e. The molecule has 1 aliphatic heterocycles. The smallest absolute Gasteiger partial charge is 0.352 e. The van der Waals surface area contributed by atoms with Gasteiger partial charge < -0.3 is 15.2 Å². The molecule has 1 aliphatic rings. The van der Waals surface area contributed by atoms with Crippen LogP contribution in [0.25, 0.3) is 0 Å². The first-order valence-corrected chi connectivity index (χ1v) is 6.82. The molecule has 118 valence electrons. The Balaban J connectivity index is 2.37. The SMILES string of the molecule is CC1CN(C)CCCN1c1cc(C(F)(F)F)cc(NN)n1. The minimum Gasteiger partial charge on any atom is -0.352 e. The lowest BCUT2D eigenvalue weighted by Crippen LogP contribution is -2.38. The molecule has 2 rings (SSSR count). The van der Waals surface area contributed by atoms with E-state index >= 15 is 0 Å². The maximum absolute atomic E-state index is 13.0. The number of nitrogens with two attached hydrogens (primary N) is 1. The third kappa shape index (κ3) is 3.76. The molecule has 1 unspecified atom stereocenters. The highest BCUT2D eigenvalue weighted by Crippen LogP contribution is 2.33. The van der Waals surface area contributed by atoms with Gasteiger partial charge >= 0.3 is 6.18 Å². The second kappa shape index (κ2) is 6.07. The van der Waals surface area contributed by atoms with Crippen molar-refractivity contribution in [2.24, 2.45) is 5.84 Å². The molecule has 0 aliphatic carbocycles. The zero-order valence-electron chi connectivity index (χ0n) is 12.1. The van der Waals surface area contributed by atoms with Crippen LogP contribution in [0.3, 0.4) is 0 Å². The fourth-order valence-electron chi connectivity index (χ4n) is 2.61. The Labute approximate surface area is 121 Å². The van der Waals surface area contributed by atoms with Gasteiger partial charge in [-0.05, 0) is 39.1 Å². The van der Waals surface area contributed by atoms with Crippen molar-refractivity contribution in [1.29, 1.82) is 0 Å². The molecule has 0 spiro atoms. The molecule has 1 atom stereocenters. The average Bonchev–Trinajstić information content (AvgIpc) is 2.57. The van der Waals surface area contributed by atoms with E-state index in [9.17, 15) is 13.2 Å². The van der Waals surface area contributed by atoms with Crippen molar-refractivity contribution >= 4 is 11.6 Å². The molecule has 1 fully saturated rings. The zero-order valence-corrected chi connectivity index (χ0v) is 12.1. The average molecular weight is 303 g/mol. The quantitative estimate of drug-likeness (QED) is 0.646. The summed E-state index contributed by atoms with van der Waals surface area (Å²) < 4.78 is 38.9. The number of hydrogen-bond acceptors (Lipinski definition) is 5. The second-order valence-electron chi connectivity index (χ2n) is 5.40. The summed E-state index contributed by atoms with van der Waals surface area (Å²) >= 11 is 0. The Morgan fingerprint density at radius 1 is 1.33 bits per heavy atom. The summed E-state index contributed by atoms with van der Waals surface area (Å²) in [7, 11) is 2.01. The Morgan fingerprint density at radius 3 is 2.67 bits per heavy atom. The number of alkyl halides is 3. The first kappa shape index (κ1) is 15.8. The molecule has 1 aromatic heterocycles. The lowest BCUT2D eigenvalue weighted by atomic mass is 10.2. The van der Waals surface area contributed by atoms with Crippen LogP contribution in [0.15, 0.2) is 12.1 Å². The van der Waals surface area contributed by atoms with E-state index in [1.807, 2.05) is 18.9 Å². The van der Waals surface area contributed by atoms with E-state index in [2.05, 4.69) is 15.3 Å². The number of rotatable bonds is 2. The number of hydrazine groups is 1. The first-order chi connectivity index (χ1) is 9.81. The molecular formula is C13H20F3N5. The molecular weight excluding hydrogens is 283 g/mol. The van der Waals surface area contributed by atoms with Crippen LogP contribution in [0.5, 0.6) is 0 Å². The zero-order chi connectivity index (χ0) is 15.6. The number of aromatic nitrogens is 1. The fraction of sp³-hybridized carbons (Fsp3) is 0.615. The fourth-order valence-corrected chi connectivity index (χ4v) is 2.61. The van der Waals surface area contributed by atoms with Crippen molar-refractivity contribution in [2.75, 3.05) is 37.0 Å². The number of hydrogen-bond donors (Lipinski definition) is 2. The largest absolute Gasteiger partial charge is 0.416 e. The van der Waals surface area contributed by atoms with Crippen LogP contribution in [0, 0.1) is 0 Å². The van der Waals surface area contributed by atoms with Crippen LogP contribution in [0.2, 0.25) is 0 Å². The maximum atomic E-state index is 13.0. The number of likely N-dealkylation sites (N-methyl/N-ethyl adjacent to an activating group) is 1. The van der Waals surface area contributed by atoms with Crippen LogP contribution in [0.1, 0.15) is 18.9 Å². The third-order valence-corrected chi connectivity index (χ3v) is 3.63. The third-order valence-electron chi connectivity index (χ3n) is 3.63. The number of anilines is 2. The molecule has 3 N–H and O–H groups in total. The predicted molar refractivity (Wildman–Crippen MR) is 76.0 cm³/mol. The van der Waals surface area contributed by atoms with Gasteiger partial charge in [0.25, 0.3) is 0 Å². The molecule has 5 nitrogen and oxygen atoms in total. The lowest BCUT2D eigenvalue weighted by Gasteiger charge is -2.29. The predicted octanol–water partition coefficient (Wildman–Crippen LogP) is 1.92. The Hall–Kier alpha value is -1.54. The highest BCUT2D eigenvalue weighted by atomic mass is 19.4. The molecule has 2 heterocycles. The molecule has 0 aromatic carbocycles. The summed E-state index contributed by atoms with van der Waals surface area (Å²) in [6, 6.07) is 2.08. The Morgan fingerprint density at radius 2 is 2.05 bits per heavy atom. The normalized spacial score (nSPS) is 21.2. The van der Waals surface area contributed by atoms with Crippen molar-refractivity contribution in [2.45, 2.75) is 25.6 Å². The minimum atomic E-state index is -4.42. The van der Waals surface area contributed by atoms with Gasteiger partial charge in [0.15, 0.2) is 0 Å². The Kier molecular flexibility index (Phi) is 4.58. The van der Waals surface area contributed by atoms with Crippen molar-refractivity contribution in [3.63, 3.8) is 0 Å². The molecule has 0 bridgehead atoms. The highest BCUT2D eigenvalue weighted by Gasteiger charge is 2.33. The molecule has 0 radical (unpaired) electrons. The van der Waals surface area contributed by atoms with E-state index in [0.717, 1.165) is 31.6 Å². The molecule has 0 amide bonds. The molecule has 21 heavy (non-hydrogen) atoms. The van der Waals surface area contributed by atoms with E-state index in [1.54, 1.807) is 0 Å². The van der Waals surface area contributed by atoms with Gasteiger partial charge in [0, 0.05) is 19.1 Å². The first-order valence-electron chi connectivity index (χ1n) is 6.82. The van der Waals surface area contributed by atoms with Crippen LogP contribution in [-0.4, -0.2) is 42.6 Å². The van der Waals surface area contributed by atoms with Gasteiger partial charge in [0.2, 0.25) is 0 Å².